The number of amides is 4. The molecule has 0 saturated carbocycles. The van der Waals surface area contributed by atoms with Gasteiger partial charge in [-0.25, -0.2) is 10.8 Å². The maximum absolute atomic E-state index is 14.8. The van der Waals surface area contributed by atoms with E-state index in [1.165, 1.54) is 24.0 Å². The minimum absolute atomic E-state index is 0.0462. The summed E-state index contributed by atoms with van der Waals surface area (Å²) in [6, 6.07) is 4.04. The Morgan fingerprint density at radius 3 is 2.32 bits per heavy atom. The normalized spacial score (nSPS) is 17.4. The van der Waals surface area contributed by atoms with Gasteiger partial charge in [-0.15, -0.1) is 11.3 Å². The lowest BCUT2D eigenvalue weighted by Gasteiger charge is -2.39. The maximum atomic E-state index is 14.8. The van der Waals surface area contributed by atoms with Gasteiger partial charge in [-0.2, -0.15) is 0 Å². The van der Waals surface area contributed by atoms with Gasteiger partial charge < -0.3 is 30.1 Å². The highest BCUT2D eigenvalue weighted by Crippen LogP contribution is 2.32. The number of rotatable bonds is 22. The predicted molar refractivity (Wildman–Crippen MR) is 223 cm³/mol. The second-order valence-corrected chi connectivity index (χ2v) is 16.9. The predicted octanol–water partition coefficient (Wildman–Crippen LogP) is 4.37. The standard InChI is InChI=1S/C42H65N7O9S/c1-9-13-36(52)57-24-49(42(56)37(26(5)10-2)46-40(55)33-14-11-12-19-48(33)8)34(25(3)4)22-35(58-28(7)50)41-45-32(23-59-41)39(54)44-30(20-27(6)38(53)47-43)21-29-15-17-31(51)18-16-29/h15-18,23,25-27,30,33-35,37,51H,9-14,19-22,24,43H2,1-8H3,(H,44,54)(H,46,55)(H,47,53)/t26-,27-,30+,33+,34+,35+,37-/m0/s1. The maximum Gasteiger partial charge on any atom is 0.307 e. The molecule has 2 heterocycles. The fourth-order valence-electron chi connectivity index (χ4n) is 7.22. The van der Waals surface area contributed by atoms with Crippen LogP contribution in [-0.2, 0) is 39.9 Å². The number of hydrogen-bond donors (Lipinski definition) is 5. The molecule has 2 aromatic rings. The zero-order chi connectivity index (χ0) is 43.8. The van der Waals surface area contributed by atoms with Gasteiger partial charge in [0.2, 0.25) is 17.7 Å². The van der Waals surface area contributed by atoms with Crippen molar-refractivity contribution in [1.82, 2.24) is 30.8 Å². The number of nitrogens with two attached hydrogens (primary N) is 1. The molecule has 6 N–H and O–H groups in total. The molecule has 1 aliphatic rings. The molecule has 3 rings (SSSR count). The topological polar surface area (TPSA) is 223 Å². The summed E-state index contributed by atoms with van der Waals surface area (Å²) in [6.07, 6.45) is 3.51. The van der Waals surface area contributed by atoms with Gasteiger partial charge in [0.25, 0.3) is 5.91 Å². The summed E-state index contributed by atoms with van der Waals surface area (Å²) in [7, 11) is 1.90. The summed E-state index contributed by atoms with van der Waals surface area (Å²) in [5.74, 6) is 1.76. The van der Waals surface area contributed by atoms with Crippen molar-refractivity contribution < 1.29 is 43.3 Å². The van der Waals surface area contributed by atoms with Gasteiger partial charge in [0.15, 0.2) is 12.8 Å². The van der Waals surface area contributed by atoms with Crippen LogP contribution >= 0.6 is 11.3 Å². The van der Waals surface area contributed by atoms with Gasteiger partial charge in [-0.3, -0.25) is 39.1 Å². The molecule has 7 atom stereocenters. The van der Waals surface area contributed by atoms with E-state index >= 15 is 0 Å². The van der Waals surface area contributed by atoms with E-state index in [0.29, 0.717) is 30.7 Å². The van der Waals surface area contributed by atoms with Gasteiger partial charge in [-0.05, 0) is 75.2 Å². The molecule has 1 fully saturated rings. The largest absolute Gasteiger partial charge is 0.508 e. The SMILES string of the molecule is CCCC(=O)OCN(C(=O)[C@@H](NC(=O)[C@H]1CCCCN1C)[C@@H](C)CC)[C@H](C[C@@H](OC(C)=O)c1nc(C(=O)N[C@@H](Cc2ccc(O)cc2)C[C@H](C)C(=O)NN)cs1)C(C)C. The van der Waals surface area contributed by atoms with Gasteiger partial charge in [0, 0.05) is 43.1 Å². The van der Waals surface area contributed by atoms with Crippen LogP contribution in [-0.4, -0.2) is 99.9 Å². The number of likely N-dealkylation sites (N-methyl/N-ethyl adjacent to an activating group) is 1. The number of carbonyl (C=O) groups excluding carboxylic acids is 6. The van der Waals surface area contributed by atoms with E-state index < -0.39 is 59.8 Å². The molecule has 0 aliphatic carbocycles. The van der Waals surface area contributed by atoms with Crippen LogP contribution in [0.5, 0.6) is 5.75 Å². The molecule has 1 saturated heterocycles. The van der Waals surface area contributed by atoms with Gasteiger partial charge in [0.05, 0.1) is 6.04 Å². The molecule has 0 radical (unpaired) electrons. The first-order valence-electron chi connectivity index (χ1n) is 20.7. The third-order valence-corrected chi connectivity index (χ3v) is 11.8. The number of carbonyl (C=O) groups is 6. The Hall–Kier alpha value is -4.61. The summed E-state index contributed by atoms with van der Waals surface area (Å²) in [5, 5.41) is 17.6. The summed E-state index contributed by atoms with van der Waals surface area (Å²) in [4.78, 5) is 87.8. The molecule has 1 aromatic heterocycles. The molecular weight excluding hydrogens is 779 g/mol. The summed E-state index contributed by atoms with van der Waals surface area (Å²) in [6.45, 7) is 12.8. The van der Waals surface area contributed by atoms with Crippen LogP contribution in [0.1, 0.15) is 127 Å². The number of likely N-dealkylation sites (tertiary alicyclic amines) is 1. The van der Waals surface area contributed by atoms with E-state index in [1.54, 1.807) is 24.4 Å². The van der Waals surface area contributed by atoms with E-state index in [-0.39, 0.29) is 61.2 Å². The Morgan fingerprint density at radius 2 is 1.73 bits per heavy atom. The third-order valence-electron chi connectivity index (χ3n) is 10.9. The second-order valence-electron chi connectivity index (χ2n) is 16.0. The lowest BCUT2D eigenvalue weighted by molar-refractivity contribution is -0.160. The van der Waals surface area contributed by atoms with Crippen LogP contribution in [0.2, 0.25) is 0 Å². The van der Waals surface area contributed by atoms with Gasteiger partial charge in [-0.1, -0.05) is 66.5 Å². The average molecular weight is 844 g/mol. The number of ether oxygens (including phenoxy) is 2. The second kappa shape index (κ2) is 23.8. The Morgan fingerprint density at radius 1 is 1.03 bits per heavy atom. The van der Waals surface area contributed by atoms with Crippen molar-refractivity contribution in [2.75, 3.05) is 20.3 Å². The molecule has 59 heavy (non-hydrogen) atoms. The monoisotopic (exact) mass is 843 g/mol. The number of aromatic hydroxyl groups is 1. The number of nitrogens with one attached hydrogen (secondary N) is 3. The van der Waals surface area contributed by atoms with Crippen molar-refractivity contribution in [1.29, 1.82) is 0 Å². The number of phenols is 1. The molecule has 1 aromatic carbocycles. The molecule has 0 unspecified atom stereocenters. The number of piperidine rings is 1. The lowest BCUT2D eigenvalue weighted by atomic mass is 9.92. The van der Waals surface area contributed by atoms with E-state index in [9.17, 15) is 33.9 Å². The van der Waals surface area contributed by atoms with E-state index in [4.69, 9.17) is 15.3 Å². The first-order chi connectivity index (χ1) is 28.0. The lowest BCUT2D eigenvalue weighted by Crippen LogP contribution is -2.59. The number of esters is 2. The number of hydrogen-bond acceptors (Lipinski definition) is 13. The van der Waals surface area contributed by atoms with E-state index in [0.717, 1.165) is 36.3 Å². The summed E-state index contributed by atoms with van der Waals surface area (Å²) in [5.41, 5.74) is 3.02. The zero-order valence-electron chi connectivity index (χ0n) is 35.8. The number of phenolic OH excluding ortho intramolecular Hbond substituents is 1. The fraction of sp³-hybridized carbons (Fsp3) is 0.643. The first-order valence-corrected chi connectivity index (χ1v) is 21.6. The van der Waals surface area contributed by atoms with Crippen LogP contribution < -0.4 is 21.9 Å². The smallest absolute Gasteiger partial charge is 0.307 e. The highest BCUT2D eigenvalue weighted by Gasteiger charge is 2.39. The Balaban J connectivity index is 1.95. The first kappa shape index (κ1) is 48.8. The molecular formula is C42H65N7O9S. The molecule has 17 heteroatoms. The highest BCUT2D eigenvalue weighted by molar-refractivity contribution is 7.09. The molecule has 4 amide bonds. The quantitative estimate of drug-likeness (QED) is 0.0367. The Bertz CT molecular complexity index is 1700. The minimum Gasteiger partial charge on any atom is -0.508 e. The average Bonchev–Trinajstić information content (AvgIpc) is 3.70. The summed E-state index contributed by atoms with van der Waals surface area (Å²) < 4.78 is 11.5. The van der Waals surface area contributed by atoms with Crippen molar-refractivity contribution in [3.63, 3.8) is 0 Å². The van der Waals surface area contributed by atoms with Crippen LogP contribution in [0.4, 0.5) is 0 Å². The number of benzene rings is 1. The van der Waals surface area contributed by atoms with Crippen molar-refractivity contribution in [3.8, 4) is 5.75 Å². The van der Waals surface area contributed by atoms with Crippen LogP contribution in [0.15, 0.2) is 29.6 Å². The minimum atomic E-state index is -0.998. The van der Waals surface area contributed by atoms with E-state index in [2.05, 4.69) is 21.0 Å². The van der Waals surface area contributed by atoms with Crippen molar-refractivity contribution in [3.05, 3.63) is 45.9 Å². The molecule has 0 bridgehead atoms. The number of aromatic nitrogens is 1. The van der Waals surface area contributed by atoms with Crippen molar-refractivity contribution >= 4 is 46.9 Å². The fourth-order valence-corrected chi connectivity index (χ4v) is 8.06. The van der Waals surface area contributed by atoms with Gasteiger partial charge >= 0.3 is 11.9 Å². The van der Waals surface area contributed by atoms with Crippen LogP contribution in [0.25, 0.3) is 0 Å². The van der Waals surface area contributed by atoms with Crippen molar-refractivity contribution in [2.24, 2.45) is 23.6 Å². The number of nitrogens with zero attached hydrogens (tertiary/aromatic N) is 3. The number of thiazole rings is 1. The van der Waals surface area contributed by atoms with Crippen LogP contribution in [0, 0.1) is 17.8 Å². The summed E-state index contributed by atoms with van der Waals surface area (Å²) >= 11 is 1.11. The Labute approximate surface area is 352 Å². The zero-order valence-corrected chi connectivity index (χ0v) is 36.6. The van der Waals surface area contributed by atoms with Gasteiger partial charge in [0.1, 0.15) is 22.5 Å². The third kappa shape index (κ3) is 14.9. The van der Waals surface area contributed by atoms with E-state index in [1.807, 2.05) is 46.6 Å². The molecule has 1 aliphatic heterocycles. The van der Waals surface area contributed by atoms with Crippen LogP contribution in [0.3, 0.4) is 0 Å². The Kier molecular flexibility index (Phi) is 19.7. The molecule has 16 nitrogen and oxygen atoms in total. The van der Waals surface area contributed by atoms with Crippen molar-refractivity contribution in [2.45, 2.75) is 137 Å². The molecule has 328 valence electrons. The number of hydrazine groups is 1. The highest BCUT2D eigenvalue weighted by atomic mass is 32.1. The molecule has 0 spiro atoms.